The molecule has 6 nitrogen and oxygen atoms in total. The number of aliphatic hydroxyl groups is 2. The van der Waals surface area contributed by atoms with Gasteiger partial charge in [0.25, 0.3) is 0 Å². The van der Waals surface area contributed by atoms with Crippen molar-refractivity contribution in [1.82, 2.24) is 0 Å². The third-order valence-corrected chi connectivity index (χ3v) is 6.51. The van der Waals surface area contributed by atoms with Crippen LogP contribution in [0.5, 0.6) is 0 Å². The lowest BCUT2D eigenvalue weighted by Crippen LogP contribution is -2.49. The summed E-state index contributed by atoms with van der Waals surface area (Å²) in [5.74, 6) is 0. The van der Waals surface area contributed by atoms with Crippen LogP contribution in [0.3, 0.4) is 0 Å². The standard InChI is InChI=1S/C34H38O6/c35-33(31(39-23-29-17-9-3-10-18-29)25-37-21-27-13-5-1-6-14-27)34(36)32(40-24-30-19-11-4-12-20-30)26-38-22-28-15-7-2-8-16-28/h1-20,31-36H,21-26H2/t31-,32-,33-,34-/m1/s1. The van der Waals surface area contributed by atoms with Crippen LogP contribution >= 0.6 is 0 Å². The molecule has 0 saturated heterocycles. The van der Waals surface area contributed by atoms with Crippen molar-refractivity contribution >= 4 is 0 Å². The molecule has 4 atom stereocenters. The lowest BCUT2D eigenvalue weighted by molar-refractivity contribution is -0.170. The monoisotopic (exact) mass is 542 g/mol. The highest BCUT2D eigenvalue weighted by molar-refractivity contribution is 5.15. The molecule has 0 saturated carbocycles. The molecule has 0 heterocycles. The van der Waals surface area contributed by atoms with Crippen molar-refractivity contribution in [3.05, 3.63) is 144 Å². The fraction of sp³-hybridized carbons (Fsp3) is 0.294. The Labute approximate surface area is 236 Å². The van der Waals surface area contributed by atoms with Gasteiger partial charge in [0.05, 0.1) is 39.6 Å². The van der Waals surface area contributed by atoms with Gasteiger partial charge in [0.2, 0.25) is 0 Å². The van der Waals surface area contributed by atoms with Gasteiger partial charge >= 0.3 is 0 Å². The van der Waals surface area contributed by atoms with Gasteiger partial charge in [0, 0.05) is 0 Å². The Bertz CT molecular complexity index is 1090. The van der Waals surface area contributed by atoms with Crippen molar-refractivity contribution in [2.45, 2.75) is 50.8 Å². The van der Waals surface area contributed by atoms with Crippen LogP contribution in [-0.4, -0.2) is 47.8 Å². The highest BCUT2D eigenvalue weighted by atomic mass is 16.6. The van der Waals surface area contributed by atoms with Crippen molar-refractivity contribution in [2.24, 2.45) is 0 Å². The van der Waals surface area contributed by atoms with Crippen LogP contribution in [0.1, 0.15) is 22.3 Å². The van der Waals surface area contributed by atoms with E-state index >= 15 is 0 Å². The maximum Gasteiger partial charge on any atom is 0.111 e. The lowest BCUT2D eigenvalue weighted by Gasteiger charge is -2.32. The van der Waals surface area contributed by atoms with E-state index in [9.17, 15) is 10.2 Å². The molecule has 4 aromatic rings. The number of aliphatic hydroxyl groups excluding tert-OH is 2. The average Bonchev–Trinajstić information content (AvgIpc) is 3.02. The van der Waals surface area contributed by atoms with Gasteiger partial charge in [-0.05, 0) is 22.3 Å². The fourth-order valence-corrected chi connectivity index (χ4v) is 4.22. The van der Waals surface area contributed by atoms with Gasteiger partial charge in [-0.2, -0.15) is 0 Å². The zero-order valence-electron chi connectivity index (χ0n) is 22.6. The molecule has 0 radical (unpaired) electrons. The molecule has 4 rings (SSSR count). The third-order valence-electron chi connectivity index (χ3n) is 6.51. The molecule has 0 aliphatic rings. The molecule has 2 N–H and O–H groups in total. The summed E-state index contributed by atoms with van der Waals surface area (Å²) in [7, 11) is 0. The van der Waals surface area contributed by atoms with Crippen LogP contribution < -0.4 is 0 Å². The van der Waals surface area contributed by atoms with Crippen LogP contribution in [0.4, 0.5) is 0 Å². The summed E-state index contributed by atoms with van der Waals surface area (Å²) in [4.78, 5) is 0. The number of benzene rings is 4. The summed E-state index contributed by atoms with van der Waals surface area (Å²) < 4.78 is 24.1. The molecule has 210 valence electrons. The highest BCUT2D eigenvalue weighted by Crippen LogP contribution is 2.17. The van der Waals surface area contributed by atoms with Gasteiger partial charge in [-0.15, -0.1) is 0 Å². The van der Waals surface area contributed by atoms with Crippen molar-refractivity contribution in [3.63, 3.8) is 0 Å². The fourth-order valence-electron chi connectivity index (χ4n) is 4.22. The summed E-state index contributed by atoms with van der Waals surface area (Å²) in [6.07, 6.45) is -4.15. The Balaban J connectivity index is 1.42. The molecule has 40 heavy (non-hydrogen) atoms. The van der Waals surface area contributed by atoms with E-state index in [1.165, 1.54) is 0 Å². The van der Waals surface area contributed by atoms with Gasteiger partial charge in [0.15, 0.2) is 0 Å². The topological polar surface area (TPSA) is 77.4 Å². The Morgan fingerprint density at radius 1 is 0.400 bits per heavy atom. The maximum atomic E-state index is 11.3. The lowest BCUT2D eigenvalue weighted by atomic mass is 10.0. The van der Waals surface area contributed by atoms with Crippen LogP contribution in [0.15, 0.2) is 121 Å². The zero-order chi connectivity index (χ0) is 27.8. The molecule has 0 bridgehead atoms. The van der Waals surface area contributed by atoms with E-state index in [1.807, 2.05) is 121 Å². The van der Waals surface area contributed by atoms with Crippen molar-refractivity contribution < 1.29 is 29.2 Å². The van der Waals surface area contributed by atoms with E-state index in [4.69, 9.17) is 18.9 Å². The van der Waals surface area contributed by atoms with E-state index in [-0.39, 0.29) is 26.4 Å². The minimum atomic E-state index is -1.28. The minimum Gasteiger partial charge on any atom is -0.388 e. The highest BCUT2D eigenvalue weighted by Gasteiger charge is 2.34. The minimum absolute atomic E-state index is 0.0935. The van der Waals surface area contributed by atoms with Crippen LogP contribution in [-0.2, 0) is 45.4 Å². The van der Waals surface area contributed by atoms with Gasteiger partial charge in [0.1, 0.15) is 24.4 Å². The summed E-state index contributed by atoms with van der Waals surface area (Å²) in [6, 6.07) is 39.0. The predicted octanol–water partition coefficient (Wildman–Crippen LogP) is 5.31. The molecular weight excluding hydrogens is 504 g/mol. The molecule has 0 spiro atoms. The number of hydrogen-bond donors (Lipinski definition) is 2. The second kappa shape index (κ2) is 16.7. The van der Waals surface area contributed by atoms with Crippen molar-refractivity contribution in [1.29, 1.82) is 0 Å². The number of hydrogen-bond acceptors (Lipinski definition) is 6. The van der Waals surface area contributed by atoms with E-state index in [0.717, 1.165) is 22.3 Å². The third kappa shape index (κ3) is 9.99. The first-order chi connectivity index (χ1) is 19.7. The van der Waals surface area contributed by atoms with E-state index < -0.39 is 24.4 Å². The molecule has 0 aromatic heterocycles. The predicted molar refractivity (Wildman–Crippen MR) is 154 cm³/mol. The second-order valence-corrected chi connectivity index (χ2v) is 9.65. The van der Waals surface area contributed by atoms with Crippen LogP contribution in [0.25, 0.3) is 0 Å². The Morgan fingerprint density at radius 3 is 0.975 bits per heavy atom. The number of rotatable bonds is 17. The zero-order valence-corrected chi connectivity index (χ0v) is 22.6. The Hall–Kier alpha value is -3.36. The SMILES string of the molecule is O[C@@H]([C@H](O)[C@@H](COCc1ccccc1)OCc1ccccc1)[C@@H](COCc1ccccc1)OCc1ccccc1. The van der Waals surface area contributed by atoms with Crippen LogP contribution in [0, 0.1) is 0 Å². The first-order valence-corrected chi connectivity index (χ1v) is 13.6. The average molecular weight is 543 g/mol. The first kappa shape index (κ1) is 29.6. The summed E-state index contributed by atoms with van der Waals surface area (Å²) in [6.45, 7) is 1.45. The van der Waals surface area contributed by atoms with Gasteiger partial charge < -0.3 is 29.2 Å². The van der Waals surface area contributed by atoms with Gasteiger partial charge in [-0.3, -0.25) is 0 Å². The Morgan fingerprint density at radius 2 is 0.675 bits per heavy atom. The van der Waals surface area contributed by atoms with E-state index in [0.29, 0.717) is 13.2 Å². The van der Waals surface area contributed by atoms with Gasteiger partial charge in [-0.1, -0.05) is 121 Å². The van der Waals surface area contributed by atoms with E-state index in [1.54, 1.807) is 0 Å². The molecule has 0 unspecified atom stereocenters. The molecule has 0 amide bonds. The number of ether oxygens (including phenoxy) is 4. The second-order valence-electron chi connectivity index (χ2n) is 9.65. The molecule has 0 aliphatic heterocycles. The molecule has 6 heteroatoms. The molecule has 0 aliphatic carbocycles. The first-order valence-electron chi connectivity index (χ1n) is 13.6. The molecule has 0 fully saturated rings. The van der Waals surface area contributed by atoms with Crippen molar-refractivity contribution in [3.8, 4) is 0 Å². The summed E-state index contributed by atoms with van der Waals surface area (Å²) >= 11 is 0. The largest absolute Gasteiger partial charge is 0.388 e. The summed E-state index contributed by atoms with van der Waals surface area (Å²) in [5, 5.41) is 22.7. The summed E-state index contributed by atoms with van der Waals surface area (Å²) in [5.41, 5.74) is 3.94. The molecular formula is C34H38O6. The van der Waals surface area contributed by atoms with Crippen molar-refractivity contribution in [2.75, 3.05) is 13.2 Å². The van der Waals surface area contributed by atoms with Crippen LogP contribution in [0.2, 0.25) is 0 Å². The normalized spacial score (nSPS) is 14.3. The smallest absolute Gasteiger partial charge is 0.111 e. The quantitative estimate of drug-likeness (QED) is 0.188. The van der Waals surface area contributed by atoms with E-state index in [2.05, 4.69) is 0 Å². The Kier molecular flexibility index (Phi) is 12.3. The van der Waals surface area contributed by atoms with Gasteiger partial charge in [-0.25, -0.2) is 0 Å². The molecule has 4 aromatic carbocycles. The maximum absolute atomic E-state index is 11.3.